The number of rotatable bonds is 6. The third-order valence-electron chi connectivity index (χ3n) is 6.09. The largest absolute Gasteiger partial charge is 0.467 e. The van der Waals surface area contributed by atoms with Gasteiger partial charge in [0.15, 0.2) is 0 Å². The zero-order valence-corrected chi connectivity index (χ0v) is 19.4. The number of amides is 3. The molecule has 3 aromatic rings. The standard InChI is InChI=1S/C27H27N3O4/c1-4-24(26(32)34-3)30-17(2)23-16-19(12-15-22(23)25(30)31)18-10-13-21(14-11-18)29-27(33)28-20-8-6-5-7-9-20/h5-17,24H,4H2,1-3H3,(H2,28,29,33)/t17-,24-/m0/s1. The van der Waals surface area contributed by atoms with Crippen LogP contribution in [-0.2, 0) is 9.53 Å². The van der Waals surface area contributed by atoms with E-state index in [1.165, 1.54) is 7.11 Å². The van der Waals surface area contributed by atoms with E-state index < -0.39 is 12.0 Å². The lowest BCUT2D eigenvalue weighted by Gasteiger charge is -2.29. The Balaban J connectivity index is 1.50. The number of para-hydroxylation sites is 1. The highest BCUT2D eigenvalue weighted by Crippen LogP contribution is 2.38. The van der Waals surface area contributed by atoms with Crippen LogP contribution in [0.3, 0.4) is 0 Å². The Bertz CT molecular complexity index is 1210. The van der Waals surface area contributed by atoms with Gasteiger partial charge in [0, 0.05) is 16.9 Å². The normalized spacial score (nSPS) is 15.4. The van der Waals surface area contributed by atoms with Crippen LogP contribution in [-0.4, -0.2) is 36.0 Å². The van der Waals surface area contributed by atoms with Crippen molar-refractivity contribution in [2.45, 2.75) is 32.4 Å². The summed E-state index contributed by atoms with van der Waals surface area (Å²) in [5.41, 5.74) is 4.77. The molecule has 1 heterocycles. The van der Waals surface area contributed by atoms with Crippen molar-refractivity contribution in [3.63, 3.8) is 0 Å². The summed E-state index contributed by atoms with van der Waals surface area (Å²) in [7, 11) is 1.34. The molecule has 2 atom stereocenters. The molecule has 1 aliphatic rings. The molecule has 3 aromatic carbocycles. The third-order valence-corrected chi connectivity index (χ3v) is 6.09. The Labute approximate surface area is 198 Å². The molecular formula is C27H27N3O4. The van der Waals surface area contributed by atoms with Crippen LogP contribution in [0.15, 0.2) is 72.8 Å². The highest BCUT2D eigenvalue weighted by molar-refractivity contribution is 6.02. The molecule has 1 aliphatic heterocycles. The molecule has 2 N–H and O–H groups in total. The van der Waals surface area contributed by atoms with E-state index in [9.17, 15) is 14.4 Å². The molecule has 0 saturated carbocycles. The Kier molecular flexibility index (Phi) is 6.63. The number of fused-ring (bicyclic) bond motifs is 1. The van der Waals surface area contributed by atoms with Crippen molar-refractivity contribution in [2.75, 3.05) is 17.7 Å². The molecule has 0 fully saturated rings. The van der Waals surface area contributed by atoms with Crippen LogP contribution in [0.1, 0.15) is 42.2 Å². The van der Waals surface area contributed by atoms with Gasteiger partial charge in [-0.2, -0.15) is 0 Å². The molecule has 0 aliphatic carbocycles. The van der Waals surface area contributed by atoms with E-state index in [0.717, 1.165) is 16.7 Å². The molecule has 0 bridgehead atoms. The van der Waals surface area contributed by atoms with Crippen LogP contribution >= 0.6 is 0 Å². The van der Waals surface area contributed by atoms with Gasteiger partial charge in [-0.15, -0.1) is 0 Å². The first-order valence-electron chi connectivity index (χ1n) is 11.2. The topological polar surface area (TPSA) is 87.7 Å². The molecule has 34 heavy (non-hydrogen) atoms. The number of hydrogen-bond donors (Lipinski definition) is 2. The van der Waals surface area contributed by atoms with Gasteiger partial charge in [0.05, 0.1) is 13.2 Å². The molecule has 0 aromatic heterocycles. The Morgan fingerprint density at radius 3 is 2.18 bits per heavy atom. The SMILES string of the molecule is CC[C@@H](C(=O)OC)N1C(=O)c2ccc(-c3ccc(NC(=O)Nc4ccccc4)cc3)cc2[C@@H]1C. The molecule has 0 radical (unpaired) electrons. The minimum atomic E-state index is -0.615. The van der Waals surface area contributed by atoms with E-state index >= 15 is 0 Å². The maximum Gasteiger partial charge on any atom is 0.328 e. The van der Waals surface area contributed by atoms with Gasteiger partial charge < -0.3 is 20.3 Å². The maximum absolute atomic E-state index is 13.0. The maximum atomic E-state index is 13.0. The number of anilines is 2. The van der Waals surface area contributed by atoms with Gasteiger partial charge in [0.25, 0.3) is 5.91 Å². The summed E-state index contributed by atoms with van der Waals surface area (Å²) >= 11 is 0. The molecule has 3 amide bonds. The zero-order chi connectivity index (χ0) is 24.2. The fourth-order valence-electron chi connectivity index (χ4n) is 4.33. The van der Waals surface area contributed by atoms with Gasteiger partial charge in [-0.25, -0.2) is 9.59 Å². The molecule has 0 unspecified atom stereocenters. The average molecular weight is 458 g/mol. The van der Waals surface area contributed by atoms with Gasteiger partial charge in [0.1, 0.15) is 6.04 Å². The number of methoxy groups -OCH3 is 1. The number of nitrogens with zero attached hydrogens (tertiary/aromatic N) is 1. The van der Waals surface area contributed by atoms with Gasteiger partial charge in [0.2, 0.25) is 0 Å². The Hall–Kier alpha value is -4.13. The smallest absolute Gasteiger partial charge is 0.328 e. The first kappa shape index (κ1) is 23.0. The lowest BCUT2D eigenvalue weighted by atomic mass is 9.98. The Morgan fingerprint density at radius 1 is 0.941 bits per heavy atom. The molecule has 0 saturated heterocycles. The highest BCUT2D eigenvalue weighted by atomic mass is 16.5. The number of ether oxygens (including phenoxy) is 1. The average Bonchev–Trinajstić information content (AvgIpc) is 3.10. The molecule has 0 spiro atoms. The minimum Gasteiger partial charge on any atom is -0.467 e. The monoisotopic (exact) mass is 457 g/mol. The van der Waals surface area contributed by atoms with Gasteiger partial charge >= 0.3 is 12.0 Å². The first-order chi connectivity index (χ1) is 16.4. The third kappa shape index (κ3) is 4.50. The number of benzene rings is 3. The van der Waals surface area contributed by atoms with Crippen molar-refractivity contribution in [2.24, 2.45) is 0 Å². The fraction of sp³-hybridized carbons (Fsp3) is 0.222. The van der Waals surface area contributed by atoms with E-state index in [0.29, 0.717) is 23.4 Å². The second-order valence-electron chi connectivity index (χ2n) is 8.16. The Morgan fingerprint density at radius 2 is 1.56 bits per heavy atom. The second kappa shape index (κ2) is 9.79. The molecular weight excluding hydrogens is 430 g/mol. The van der Waals surface area contributed by atoms with Crippen LogP contribution in [0.2, 0.25) is 0 Å². The van der Waals surface area contributed by atoms with E-state index in [1.807, 2.05) is 86.6 Å². The number of nitrogens with one attached hydrogen (secondary N) is 2. The minimum absolute atomic E-state index is 0.157. The second-order valence-corrected chi connectivity index (χ2v) is 8.16. The van der Waals surface area contributed by atoms with Crippen LogP contribution in [0.5, 0.6) is 0 Å². The van der Waals surface area contributed by atoms with Crippen LogP contribution < -0.4 is 10.6 Å². The van der Waals surface area contributed by atoms with Crippen LogP contribution in [0.4, 0.5) is 16.2 Å². The highest BCUT2D eigenvalue weighted by Gasteiger charge is 2.41. The van der Waals surface area contributed by atoms with Crippen molar-refractivity contribution in [1.29, 1.82) is 0 Å². The number of esters is 1. The van der Waals surface area contributed by atoms with Crippen molar-refractivity contribution in [1.82, 2.24) is 4.90 Å². The molecule has 7 nitrogen and oxygen atoms in total. The fourth-order valence-corrected chi connectivity index (χ4v) is 4.33. The summed E-state index contributed by atoms with van der Waals surface area (Å²) in [5, 5.41) is 5.60. The van der Waals surface area contributed by atoms with Gasteiger partial charge in [-0.1, -0.05) is 43.3 Å². The van der Waals surface area contributed by atoms with Crippen molar-refractivity contribution in [3.05, 3.63) is 83.9 Å². The lowest BCUT2D eigenvalue weighted by molar-refractivity contribution is -0.146. The summed E-state index contributed by atoms with van der Waals surface area (Å²) < 4.78 is 4.91. The zero-order valence-electron chi connectivity index (χ0n) is 19.4. The van der Waals surface area contributed by atoms with Crippen LogP contribution in [0, 0.1) is 0 Å². The summed E-state index contributed by atoms with van der Waals surface area (Å²) in [6.07, 6.45) is 0.482. The van der Waals surface area contributed by atoms with Gasteiger partial charge in [-0.3, -0.25) is 4.79 Å². The van der Waals surface area contributed by atoms with Gasteiger partial charge in [-0.05, 0) is 66.4 Å². The first-order valence-corrected chi connectivity index (χ1v) is 11.2. The lowest BCUT2D eigenvalue weighted by Crippen LogP contribution is -2.43. The van der Waals surface area contributed by atoms with E-state index in [-0.39, 0.29) is 18.0 Å². The van der Waals surface area contributed by atoms with E-state index in [2.05, 4.69) is 10.6 Å². The quantitative estimate of drug-likeness (QED) is 0.481. The summed E-state index contributed by atoms with van der Waals surface area (Å²) in [6.45, 7) is 3.79. The predicted molar refractivity (Wildman–Crippen MR) is 132 cm³/mol. The number of carbonyl (C=O) groups excluding carboxylic acids is 3. The molecule has 174 valence electrons. The summed E-state index contributed by atoms with van der Waals surface area (Å²) in [5.74, 6) is -0.564. The van der Waals surface area contributed by atoms with Crippen molar-refractivity contribution < 1.29 is 19.1 Å². The van der Waals surface area contributed by atoms with E-state index in [1.54, 1.807) is 4.90 Å². The van der Waals surface area contributed by atoms with E-state index in [4.69, 9.17) is 4.74 Å². The molecule has 7 heteroatoms. The van der Waals surface area contributed by atoms with Crippen molar-refractivity contribution >= 4 is 29.3 Å². The molecule has 4 rings (SSSR count). The van der Waals surface area contributed by atoms with Crippen molar-refractivity contribution in [3.8, 4) is 11.1 Å². The number of carbonyl (C=O) groups is 3. The summed E-state index contributed by atoms with van der Waals surface area (Å²) in [6, 6.07) is 21.3. The summed E-state index contributed by atoms with van der Waals surface area (Å²) in [4.78, 5) is 39.1. The number of hydrogen-bond acceptors (Lipinski definition) is 4. The number of urea groups is 1. The predicted octanol–water partition coefficient (Wildman–Crippen LogP) is 5.47. The van der Waals surface area contributed by atoms with Crippen LogP contribution in [0.25, 0.3) is 11.1 Å².